The highest BCUT2D eigenvalue weighted by Gasteiger charge is 2.28. The van der Waals surface area contributed by atoms with Gasteiger partial charge in [-0.2, -0.15) is 0 Å². The lowest BCUT2D eigenvalue weighted by Gasteiger charge is -2.11. The van der Waals surface area contributed by atoms with Crippen molar-refractivity contribution in [1.29, 1.82) is 0 Å². The molecule has 23 heavy (non-hydrogen) atoms. The molecule has 7 heteroatoms. The first-order valence-corrected chi connectivity index (χ1v) is 10.6. The second kappa shape index (κ2) is 8.70. The predicted octanol–water partition coefficient (Wildman–Crippen LogP) is 1.76. The van der Waals surface area contributed by atoms with Crippen LogP contribution in [0.15, 0.2) is 24.3 Å². The first kappa shape index (κ1) is 18.3. The van der Waals surface area contributed by atoms with Crippen molar-refractivity contribution < 1.29 is 17.9 Å². The molecule has 1 aliphatic heterocycles. The van der Waals surface area contributed by atoms with E-state index < -0.39 is 9.84 Å². The molecule has 1 atom stereocenters. The summed E-state index contributed by atoms with van der Waals surface area (Å²) in [5, 5.41) is 2.95. The molecule has 1 N–H and O–H groups in total. The number of hydrogen-bond acceptors (Lipinski definition) is 5. The minimum atomic E-state index is -2.88. The molecule has 128 valence electrons. The molecule has 1 fully saturated rings. The van der Waals surface area contributed by atoms with Crippen molar-refractivity contribution in [1.82, 2.24) is 5.32 Å². The second-order valence-corrected chi connectivity index (χ2v) is 9.04. The van der Waals surface area contributed by atoms with Gasteiger partial charge >= 0.3 is 0 Å². The zero-order chi connectivity index (χ0) is 16.7. The van der Waals surface area contributed by atoms with Crippen molar-refractivity contribution in [2.45, 2.75) is 31.7 Å². The van der Waals surface area contributed by atoms with Gasteiger partial charge < -0.3 is 10.1 Å². The van der Waals surface area contributed by atoms with E-state index in [2.05, 4.69) is 5.32 Å². The zero-order valence-electron chi connectivity index (χ0n) is 13.3. The van der Waals surface area contributed by atoms with Gasteiger partial charge in [-0.1, -0.05) is 24.3 Å². The van der Waals surface area contributed by atoms with Crippen LogP contribution in [0, 0.1) is 0 Å². The average Bonchev–Trinajstić information content (AvgIpc) is 2.89. The SMILES string of the molecule is CCOCc1ccccc1CNC(=O)CS[C@@H]1CCS(=O)(=O)C1. The fourth-order valence-electron chi connectivity index (χ4n) is 2.41. The van der Waals surface area contributed by atoms with Crippen LogP contribution in [0.1, 0.15) is 24.5 Å². The standard InChI is InChI=1S/C16H23NO4S2/c1-2-21-10-14-6-4-3-5-13(14)9-17-16(18)11-22-15-7-8-23(19,20)12-15/h3-6,15H,2,7-12H2,1H3,(H,17,18)/t15-/m1/s1. The molecule has 0 bridgehead atoms. The Morgan fingerprint density at radius 1 is 1.35 bits per heavy atom. The molecular formula is C16H23NO4S2. The largest absolute Gasteiger partial charge is 0.377 e. The van der Waals surface area contributed by atoms with Gasteiger partial charge in [0.2, 0.25) is 5.91 Å². The van der Waals surface area contributed by atoms with Crippen LogP contribution < -0.4 is 5.32 Å². The van der Waals surface area contributed by atoms with E-state index in [4.69, 9.17) is 4.74 Å². The number of thioether (sulfide) groups is 1. The van der Waals surface area contributed by atoms with Crippen molar-refractivity contribution in [2.24, 2.45) is 0 Å². The first-order valence-electron chi connectivity index (χ1n) is 7.73. The Labute approximate surface area is 142 Å². The summed E-state index contributed by atoms with van der Waals surface area (Å²) in [5.74, 6) is 0.679. The Bertz CT molecular complexity index is 631. The molecule has 0 aliphatic carbocycles. The number of carbonyl (C=O) groups excluding carboxylic acids is 1. The highest BCUT2D eigenvalue weighted by molar-refractivity contribution is 8.02. The number of carbonyl (C=O) groups is 1. The fraction of sp³-hybridized carbons (Fsp3) is 0.562. The summed E-state index contributed by atoms with van der Waals surface area (Å²) in [6, 6.07) is 7.87. The minimum absolute atomic E-state index is 0.0518. The predicted molar refractivity (Wildman–Crippen MR) is 93.1 cm³/mol. The summed E-state index contributed by atoms with van der Waals surface area (Å²) < 4.78 is 28.2. The molecule has 2 rings (SSSR count). The van der Waals surface area contributed by atoms with Gasteiger partial charge in [-0.15, -0.1) is 11.8 Å². The molecule has 1 saturated heterocycles. The summed E-state index contributed by atoms with van der Waals surface area (Å²) in [7, 11) is -2.88. The number of hydrogen-bond donors (Lipinski definition) is 1. The molecule has 1 heterocycles. The van der Waals surface area contributed by atoms with E-state index in [1.54, 1.807) is 0 Å². The first-order chi connectivity index (χ1) is 11.0. The quantitative estimate of drug-likeness (QED) is 0.767. The van der Waals surface area contributed by atoms with Crippen molar-refractivity contribution in [3.8, 4) is 0 Å². The molecule has 0 radical (unpaired) electrons. The lowest BCUT2D eigenvalue weighted by Crippen LogP contribution is -2.26. The molecule has 0 spiro atoms. The van der Waals surface area contributed by atoms with Crippen molar-refractivity contribution in [3.05, 3.63) is 35.4 Å². The zero-order valence-corrected chi connectivity index (χ0v) is 14.9. The van der Waals surface area contributed by atoms with Gasteiger partial charge in [0, 0.05) is 18.4 Å². The molecule has 1 amide bonds. The summed E-state index contributed by atoms with van der Waals surface area (Å²) in [6.07, 6.45) is 0.650. The van der Waals surface area contributed by atoms with Crippen LogP contribution in [0.3, 0.4) is 0 Å². The summed E-state index contributed by atoms with van der Waals surface area (Å²) in [5.41, 5.74) is 2.12. The molecular weight excluding hydrogens is 334 g/mol. The van der Waals surface area contributed by atoms with Gasteiger partial charge in [0.25, 0.3) is 0 Å². The Morgan fingerprint density at radius 3 is 2.74 bits per heavy atom. The van der Waals surface area contributed by atoms with E-state index >= 15 is 0 Å². The van der Waals surface area contributed by atoms with Crippen LogP contribution in [0.25, 0.3) is 0 Å². The Balaban J connectivity index is 1.76. The molecule has 0 saturated carbocycles. The number of amides is 1. The van der Waals surface area contributed by atoms with E-state index in [1.807, 2.05) is 31.2 Å². The topological polar surface area (TPSA) is 72.5 Å². The van der Waals surface area contributed by atoms with Crippen LogP contribution in [-0.4, -0.2) is 43.4 Å². The Hall–Kier alpha value is -1.05. The lowest BCUT2D eigenvalue weighted by molar-refractivity contribution is -0.118. The van der Waals surface area contributed by atoms with E-state index in [0.717, 1.165) is 11.1 Å². The Morgan fingerprint density at radius 2 is 2.09 bits per heavy atom. The van der Waals surface area contributed by atoms with Gasteiger partial charge in [-0.25, -0.2) is 8.42 Å². The summed E-state index contributed by atoms with van der Waals surface area (Å²) in [6.45, 7) is 3.61. The molecule has 1 aromatic rings. The van der Waals surface area contributed by atoms with Gasteiger partial charge in [0.15, 0.2) is 9.84 Å². The maximum absolute atomic E-state index is 11.9. The smallest absolute Gasteiger partial charge is 0.230 e. The van der Waals surface area contributed by atoms with Gasteiger partial charge in [-0.3, -0.25) is 4.79 Å². The summed E-state index contributed by atoms with van der Waals surface area (Å²) >= 11 is 1.43. The van der Waals surface area contributed by atoms with Crippen LogP contribution in [0.5, 0.6) is 0 Å². The van der Waals surface area contributed by atoms with E-state index in [0.29, 0.717) is 31.9 Å². The van der Waals surface area contributed by atoms with Gasteiger partial charge in [-0.05, 0) is 24.5 Å². The van der Waals surface area contributed by atoms with E-state index in [-0.39, 0.29) is 22.7 Å². The fourth-order valence-corrected chi connectivity index (χ4v) is 5.89. The molecule has 0 aromatic heterocycles. The highest BCUT2D eigenvalue weighted by Crippen LogP contribution is 2.24. The molecule has 1 aliphatic rings. The normalized spacial score (nSPS) is 19.6. The average molecular weight is 357 g/mol. The van der Waals surface area contributed by atoms with Gasteiger partial charge in [0.05, 0.1) is 23.9 Å². The lowest BCUT2D eigenvalue weighted by atomic mass is 10.1. The molecule has 5 nitrogen and oxygen atoms in total. The van der Waals surface area contributed by atoms with Crippen molar-refractivity contribution in [2.75, 3.05) is 23.9 Å². The third-order valence-corrected chi connectivity index (χ3v) is 6.98. The number of nitrogens with one attached hydrogen (secondary N) is 1. The summed E-state index contributed by atoms with van der Waals surface area (Å²) in [4.78, 5) is 11.9. The third-order valence-electron chi connectivity index (χ3n) is 3.70. The third kappa shape index (κ3) is 6.16. The maximum Gasteiger partial charge on any atom is 0.230 e. The minimum Gasteiger partial charge on any atom is -0.377 e. The maximum atomic E-state index is 11.9. The molecule has 1 aromatic carbocycles. The highest BCUT2D eigenvalue weighted by atomic mass is 32.2. The van der Waals surface area contributed by atoms with E-state index in [1.165, 1.54) is 11.8 Å². The number of benzene rings is 1. The van der Waals surface area contributed by atoms with Crippen LogP contribution >= 0.6 is 11.8 Å². The number of ether oxygens (including phenoxy) is 1. The van der Waals surface area contributed by atoms with E-state index in [9.17, 15) is 13.2 Å². The number of rotatable bonds is 8. The number of sulfone groups is 1. The van der Waals surface area contributed by atoms with Gasteiger partial charge in [0.1, 0.15) is 0 Å². The van der Waals surface area contributed by atoms with Crippen LogP contribution in [-0.2, 0) is 32.5 Å². The second-order valence-electron chi connectivity index (χ2n) is 5.52. The monoisotopic (exact) mass is 357 g/mol. The van der Waals surface area contributed by atoms with Crippen LogP contribution in [0.2, 0.25) is 0 Å². The Kier molecular flexibility index (Phi) is 6.92. The molecule has 0 unspecified atom stereocenters. The van der Waals surface area contributed by atoms with Crippen LogP contribution in [0.4, 0.5) is 0 Å². The van der Waals surface area contributed by atoms with Crippen molar-refractivity contribution >= 4 is 27.5 Å². The van der Waals surface area contributed by atoms with Crippen molar-refractivity contribution in [3.63, 3.8) is 0 Å².